The summed E-state index contributed by atoms with van der Waals surface area (Å²) in [6.07, 6.45) is 4.51. The average Bonchev–Trinajstić information content (AvgIpc) is 3.15. The van der Waals surface area contributed by atoms with Gasteiger partial charge < -0.3 is 4.74 Å². The Hall–Kier alpha value is -3.73. The molecule has 1 unspecified atom stereocenters. The Bertz CT molecular complexity index is 1260. The SMILES string of the molecule is COc1ccc(-c2c(C)nn3c2N=C(c2ccccc2C)CC3c2cccnc2)cc1. The van der Waals surface area contributed by atoms with Crippen molar-refractivity contribution in [3.05, 3.63) is 95.4 Å². The van der Waals surface area contributed by atoms with Crippen molar-refractivity contribution < 1.29 is 4.74 Å². The fourth-order valence-corrected chi connectivity index (χ4v) is 4.30. The number of hydrogen-bond acceptors (Lipinski definition) is 4. The fourth-order valence-electron chi connectivity index (χ4n) is 4.30. The first-order valence-corrected chi connectivity index (χ1v) is 10.4. The number of benzene rings is 2. The first kappa shape index (κ1) is 19.2. The summed E-state index contributed by atoms with van der Waals surface area (Å²) in [7, 11) is 1.68. The molecular formula is C26H24N4O. The van der Waals surface area contributed by atoms with Crippen molar-refractivity contribution >= 4 is 11.5 Å². The van der Waals surface area contributed by atoms with Gasteiger partial charge in [0.2, 0.25) is 0 Å². The smallest absolute Gasteiger partial charge is 0.159 e. The maximum Gasteiger partial charge on any atom is 0.159 e. The standard InChI is InChI=1S/C26H24N4O/c1-17-7-4-5-9-22(17)23-15-24(20-8-6-14-27-16-20)30-26(28-23)25(18(2)29-30)19-10-12-21(31-3)13-11-19/h4-14,16,24H,15H2,1-3H3. The predicted octanol–water partition coefficient (Wildman–Crippen LogP) is 5.68. The van der Waals surface area contributed by atoms with Crippen molar-refractivity contribution in [1.82, 2.24) is 14.8 Å². The number of hydrogen-bond donors (Lipinski definition) is 0. The van der Waals surface area contributed by atoms with Gasteiger partial charge in [-0.15, -0.1) is 0 Å². The summed E-state index contributed by atoms with van der Waals surface area (Å²) in [4.78, 5) is 9.52. The maximum atomic E-state index is 5.34. The van der Waals surface area contributed by atoms with Crippen molar-refractivity contribution in [3.63, 3.8) is 0 Å². The lowest BCUT2D eigenvalue weighted by molar-refractivity contribution is 0.415. The Kier molecular flexibility index (Phi) is 4.86. The van der Waals surface area contributed by atoms with E-state index in [9.17, 15) is 0 Å². The zero-order valence-corrected chi connectivity index (χ0v) is 17.9. The van der Waals surface area contributed by atoms with E-state index >= 15 is 0 Å². The van der Waals surface area contributed by atoms with Crippen molar-refractivity contribution in [2.24, 2.45) is 4.99 Å². The maximum absolute atomic E-state index is 5.34. The van der Waals surface area contributed by atoms with Gasteiger partial charge in [-0.2, -0.15) is 5.10 Å². The van der Waals surface area contributed by atoms with Crippen LogP contribution in [0.4, 0.5) is 5.82 Å². The van der Waals surface area contributed by atoms with Crippen LogP contribution in [0.2, 0.25) is 0 Å². The summed E-state index contributed by atoms with van der Waals surface area (Å²) in [5.41, 5.74) is 7.72. The van der Waals surface area contributed by atoms with Crippen LogP contribution in [-0.4, -0.2) is 27.6 Å². The molecular weight excluding hydrogens is 384 g/mol. The summed E-state index contributed by atoms with van der Waals surface area (Å²) in [6, 6.07) is 20.7. The minimum Gasteiger partial charge on any atom is -0.497 e. The molecule has 0 saturated heterocycles. The number of nitrogens with zero attached hydrogens (tertiary/aromatic N) is 4. The first-order valence-electron chi connectivity index (χ1n) is 10.4. The molecule has 0 fully saturated rings. The molecule has 2 aromatic heterocycles. The van der Waals surface area contributed by atoms with Crippen LogP contribution in [0, 0.1) is 13.8 Å². The van der Waals surface area contributed by atoms with Gasteiger partial charge in [0, 0.05) is 24.4 Å². The Balaban J connectivity index is 1.72. The van der Waals surface area contributed by atoms with Gasteiger partial charge >= 0.3 is 0 Å². The third-order valence-corrected chi connectivity index (χ3v) is 5.89. The van der Waals surface area contributed by atoms with E-state index in [1.807, 2.05) is 31.3 Å². The summed E-state index contributed by atoms with van der Waals surface area (Å²) in [5, 5.41) is 4.93. The van der Waals surface area contributed by atoms with E-state index in [0.29, 0.717) is 0 Å². The van der Waals surface area contributed by atoms with Gasteiger partial charge in [0.1, 0.15) is 5.75 Å². The van der Waals surface area contributed by atoms with E-state index in [0.717, 1.165) is 46.1 Å². The van der Waals surface area contributed by atoms with Crippen LogP contribution in [-0.2, 0) is 0 Å². The highest BCUT2D eigenvalue weighted by Crippen LogP contribution is 2.42. The zero-order valence-electron chi connectivity index (χ0n) is 17.9. The van der Waals surface area contributed by atoms with Crippen molar-refractivity contribution in [2.75, 3.05) is 7.11 Å². The second-order valence-electron chi connectivity index (χ2n) is 7.84. The second kappa shape index (κ2) is 7.84. The Morgan fingerprint density at radius 3 is 2.48 bits per heavy atom. The zero-order chi connectivity index (χ0) is 21.4. The highest BCUT2D eigenvalue weighted by atomic mass is 16.5. The van der Waals surface area contributed by atoms with Crippen molar-refractivity contribution in [2.45, 2.75) is 26.3 Å². The van der Waals surface area contributed by atoms with Crippen LogP contribution in [0.5, 0.6) is 5.75 Å². The van der Waals surface area contributed by atoms with E-state index < -0.39 is 0 Å². The number of rotatable bonds is 4. The van der Waals surface area contributed by atoms with Crippen LogP contribution < -0.4 is 4.74 Å². The lowest BCUT2D eigenvalue weighted by Crippen LogP contribution is -2.21. The van der Waals surface area contributed by atoms with Crippen molar-refractivity contribution in [3.8, 4) is 16.9 Å². The molecule has 1 aliphatic heterocycles. The minimum atomic E-state index is 0.0431. The molecule has 0 aliphatic carbocycles. The molecule has 5 nitrogen and oxygen atoms in total. The summed E-state index contributed by atoms with van der Waals surface area (Å²) in [6.45, 7) is 4.19. The summed E-state index contributed by atoms with van der Waals surface area (Å²) in [5.74, 6) is 1.72. The van der Waals surface area contributed by atoms with E-state index in [2.05, 4.69) is 59.1 Å². The highest BCUT2D eigenvalue weighted by molar-refractivity contribution is 6.05. The predicted molar refractivity (Wildman–Crippen MR) is 123 cm³/mol. The number of fused-ring (bicyclic) bond motifs is 1. The number of aliphatic imine (C=N–C) groups is 1. The number of aryl methyl sites for hydroxylation is 2. The molecule has 3 heterocycles. The van der Waals surface area contributed by atoms with Gasteiger partial charge in [0.05, 0.1) is 24.6 Å². The second-order valence-corrected chi connectivity index (χ2v) is 7.84. The highest BCUT2D eigenvalue weighted by Gasteiger charge is 2.30. The first-order chi connectivity index (χ1) is 15.2. The molecule has 0 N–H and O–H groups in total. The molecule has 5 heteroatoms. The molecule has 1 aliphatic rings. The van der Waals surface area contributed by atoms with Gasteiger partial charge in [-0.3, -0.25) is 4.98 Å². The Morgan fingerprint density at radius 1 is 0.968 bits per heavy atom. The third kappa shape index (κ3) is 3.42. The largest absolute Gasteiger partial charge is 0.497 e. The molecule has 4 aromatic rings. The molecule has 0 amide bonds. The van der Waals surface area contributed by atoms with Gasteiger partial charge in [0.25, 0.3) is 0 Å². The van der Waals surface area contributed by atoms with Gasteiger partial charge in [-0.05, 0) is 54.3 Å². The number of methoxy groups -OCH3 is 1. The molecule has 0 saturated carbocycles. The van der Waals surface area contributed by atoms with Gasteiger partial charge in [-0.25, -0.2) is 9.67 Å². The van der Waals surface area contributed by atoms with Crippen LogP contribution in [0.1, 0.15) is 34.8 Å². The third-order valence-electron chi connectivity index (χ3n) is 5.89. The van der Waals surface area contributed by atoms with Crippen molar-refractivity contribution in [1.29, 1.82) is 0 Å². The topological polar surface area (TPSA) is 52.3 Å². The van der Waals surface area contributed by atoms with Gasteiger partial charge in [-0.1, -0.05) is 42.5 Å². The number of aromatic nitrogens is 3. The molecule has 1 atom stereocenters. The molecule has 31 heavy (non-hydrogen) atoms. The van der Waals surface area contributed by atoms with Crippen LogP contribution in [0.3, 0.4) is 0 Å². The monoisotopic (exact) mass is 408 g/mol. The molecule has 0 radical (unpaired) electrons. The Labute approximate surface area is 182 Å². The van der Waals surface area contributed by atoms with E-state index in [1.165, 1.54) is 11.1 Å². The number of pyridine rings is 1. The molecule has 0 bridgehead atoms. The van der Waals surface area contributed by atoms with Crippen LogP contribution in [0.25, 0.3) is 11.1 Å². The molecule has 0 spiro atoms. The molecule has 2 aromatic carbocycles. The normalized spacial score (nSPS) is 15.3. The molecule has 154 valence electrons. The van der Waals surface area contributed by atoms with E-state index in [1.54, 1.807) is 13.3 Å². The van der Waals surface area contributed by atoms with Crippen LogP contribution >= 0.6 is 0 Å². The van der Waals surface area contributed by atoms with Crippen LogP contribution in [0.15, 0.2) is 78.0 Å². The van der Waals surface area contributed by atoms with E-state index in [-0.39, 0.29) is 6.04 Å². The van der Waals surface area contributed by atoms with Gasteiger partial charge in [0.15, 0.2) is 5.82 Å². The minimum absolute atomic E-state index is 0.0431. The lowest BCUT2D eigenvalue weighted by Gasteiger charge is -2.25. The summed E-state index contributed by atoms with van der Waals surface area (Å²) >= 11 is 0. The Morgan fingerprint density at radius 2 is 1.77 bits per heavy atom. The number of ether oxygens (including phenoxy) is 1. The lowest BCUT2D eigenvalue weighted by atomic mass is 9.94. The fraction of sp³-hybridized carbons (Fsp3) is 0.192. The quantitative estimate of drug-likeness (QED) is 0.436. The summed E-state index contributed by atoms with van der Waals surface area (Å²) < 4.78 is 7.40. The molecule has 5 rings (SSSR count). The average molecular weight is 409 g/mol. The van der Waals surface area contributed by atoms with E-state index in [4.69, 9.17) is 14.8 Å².